The fraction of sp³-hybridized carbons (Fsp3) is 0.116. The highest BCUT2D eigenvalue weighted by Crippen LogP contribution is 2.47. The first-order valence-electron chi connectivity index (χ1n) is 16.9. The summed E-state index contributed by atoms with van der Waals surface area (Å²) in [6.07, 6.45) is -0.691. The molecule has 8 heteroatoms. The summed E-state index contributed by atoms with van der Waals surface area (Å²) >= 11 is 0. The van der Waals surface area contributed by atoms with Gasteiger partial charge in [0.05, 0.1) is 51.1 Å². The van der Waals surface area contributed by atoms with Gasteiger partial charge in [0.2, 0.25) is 0 Å². The molecule has 0 unspecified atom stereocenters. The Balaban J connectivity index is 1.34. The van der Waals surface area contributed by atoms with E-state index in [1.165, 1.54) is 5.56 Å². The molecule has 0 radical (unpaired) electrons. The van der Waals surface area contributed by atoms with Crippen LogP contribution >= 0.6 is 0 Å². The minimum atomic E-state index is -4.43. The SMILES string of the molecule is CC(C)(C)c1ccc(N(c2ccc(C(F)(F)F)cc2)c2ccc3c(c2)n2c4ccccc4c4c5cnncc5c5c6ccccc6n3c5c42)cc1. The summed E-state index contributed by atoms with van der Waals surface area (Å²) in [6, 6.07) is 36.9. The molecule has 51 heavy (non-hydrogen) atoms. The lowest BCUT2D eigenvalue weighted by atomic mass is 9.87. The van der Waals surface area contributed by atoms with Crippen LogP contribution in [-0.2, 0) is 11.6 Å². The minimum Gasteiger partial charge on any atom is -0.310 e. The predicted molar refractivity (Wildman–Crippen MR) is 201 cm³/mol. The summed E-state index contributed by atoms with van der Waals surface area (Å²) in [5.74, 6) is 0. The average Bonchev–Trinajstić information content (AvgIpc) is 3.66. The zero-order valence-corrected chi connectivity index (χ0v) is 28.0. The van der Waals surface area contributed by atoms with Gasteiger partial charge in [-0.3, -0.25) is 0 Å². The monoisotopic (exact) mass is 673 g/mol. The second-order valence-electron chi connectivity index (χ2n) is 14.3. The lowest BCUT2D eigenvalue weighted by molar-refractivity contribution is -0.137. The number of aromatic nitrogens is 4. The molecule has 10 aromatic rings. The number of hydrogen-bond acceptors (Lipinski definition) is 3. The van der Waals surface area contributed by atoms with Gasteiger partial charge in [0.15, 0.2) is 0 Å². The summed E-state index contributed by atoms with van der Waals surface area (Å²) in [5.41, 5.74) is 9.05. The predicted octanol–water partition coefficient (Wildman–Crippen LogP) is 12.0. The van der Waals surface area contributed by atoms with E-state index in [0.717, 1.165) is 88.9 Å². The molecule has 6 aromatic carbocycles. The molecule has 0 amide bonds. The quantitative estimate of drug-likeness (QED) is 0.175. The van der Waals surface area contributed by atoms with Crippen molar-refractivity contribution in [1.29, 1.82) is 0 Å². The maximum Gasteiger partial charge on any atom is 0.416 e. The van der Waals surface area contributed by atoms with E-state index in [4.69, 9.17) is 0 Å². The molecular weight excluding hydrogens is 644 g/mol. The van der Waals surface area contributed by atoms with Gasteiger partial charge in [0.1, 0.15) is 0 Å². The molecule has 0 atom stereocenters. The van der Waals surface area contributed by atoms with E-state index in [1.54, 1.807) is 12.1 Å². The Morgan fingerprint density at radius 2 is 0.961 bits per heavy atom. The van der Waals surface area contributed by atoms with Crippen molar-refractivity contribution in [1.82, 2.24) is 19.0 Å². The van der Waals surface area contributed by atoms with E-state index in [2.05, 4.69) is 119 Å². The molecule has 5 nitrogen and oxygen atoms in total. The maximum absolute atomic E-state index is 13.7. The van der Waals surface area contributed by atoms with E-state index in [0.29, 0.717) is 5.69 Å². The van der Waals surface area contributed by atoms with E-state index in [-0.39, 0.29) is 5.41 Å². The summed E-state index contributed by atoms with van der Waals surface area (Å²) in [4.78, 5) is 2.03. The Labute approximate surface area is 290 Å². The largest absolute Gasteiger partial charge is 0.416 e. The molecule has 0 N–H and O–H groups in total. The maximum atomic E-state index is 13.7. The Hall–Kier alpha value is -6.15. The highest BCUT2D eigenvalue weighted by Gasteiger charge is 2.31. The van der Waals surface area contributed by atoms with Crippen LogP contribution in [0.2, 0.25) is 0 Å². The second kappa shape index (κ2) is 10.2. The van der Waals surface area contributed by atoms with Gasteiger partial charge in [-0.05, 0) is 77.7 Å². The normalized spacial score (nSPS) is 12.9. The molecule has 0 bridgehead atoms. The molecule has 0 saturated heterocycles. The fourth-order valence-corrected chi connectivity index (χ4v) is 8.07. The van der Waals surface area contributed by atoms with Crippen LogP contribution in [0.5, 0.6) is 0 Å². The molecular formula is C43H30F3N5. The Bertz CT molecular complexity index is 2920. The summed E-state index contributed by atoms with van der Waals surface area (Å²) in [5, 5.41) is 15.2. The van der Waals surface area contributed by atoms with Gasteiger partial charge >= 0.3 is 6.18 Å². The molecule has 0 aliphatic carbocycles. The first-order valence-corrected chi connectivity index (χ1v) is 16.9. The standard InChI is InChI=1S/C43H30F3N5/c1-42(2,3)25-12-16-27(17-13-25)49(28-18-14-26(15-19-28)43(44,45)46)29-20-21-36-37(22-29)51-35-11-7-5-9-31(35)39-33-24-48-47-23-32(33)38-30-8-4-6-10-34(30)50(36)40(38)41(39)51/h4-24H,1-3H3. The molecule has 4 heterocycles. The molecule has 0 saturated carbocycles. The van der Waals surface area contributed by atoms with Gasteiger partial charge < -0.3 is 13.7 Å². The van der Waals surface area contributed by atoms with Gasteiger partial charge in [-0.2, -0.15) is 23.4 Å². The van der Waals surface area contributed by atoms with Crippen molar-refractivity contribution in [3.05, 3.63) is 139 Å². The number of rotatable bonds is 3. The molecule has 4 aromatic heterocycles. The lowest BCUT2D eigenvalue weighted by Gasteiger charge is -2.27. The first-order chi connectivity index (χ1) is 24.6. The number of halogens is 3. The average molecular weight is 674 g/mol. The highest BCUT2D eigenvalue weighted by molar-refractivity contribution is 6.36. The van der Waals surface area contributed by atoms with Crippen LogP contribution in [0.4, 0.5) is 30.2 Å². The number of anilines is 3. The van der Waals surface area contributed by atoms with Crippen LogP contribution < -0.4 is 4.90 Å². The Morgan fingerprint density at radius 1 is 0.490 bits per heavy atom. The van der Waals surface area contributed by atoms with Gasteiger partial charge in [0, 0.05) is 49.4 Å². The zero-order chi connectivity index (χ0) is 34.8. The van der Waals surface area contributed by atoms with Gasteiger partial charge in [0.25, 0.3) is 0 Å². The number of hydrogen-bond donors (Lipinski definition) is 0. The number of fused-ring (bicyclic) bond motifs is 12. The molecule has 0 aliphatic heterocycles. The van der Waals surface area contributed by atoms with Crippen molar-refractivity contribution in [3.8, 4) is 0 Å². The van der Waals surface area contributed by atoms with Crippen LogP contribution in [0.3, 0.4) is 0 Å². The van der Waals surface area contributed by atoms with Gasteiger partial charge in [-0.15, -0.1) is 0 Å². The topological polar surface area (TPSA) is 37.8 Å². The minimum absolute atomic E-state index is 0.0571. The van der Waals surface area contributed by atoms with Gasteiger partial charge in [-0.1, -0.05) is 69.3 Å². The van der Waals surface area contributed by atoms with Crippen LogP contribution in [0.15, 0.2) is 128 Å². The third-order valence-electron chi connectivity index (χ3n) is 10.4. The van der Waals surface area contributed by atoms with E-state index >= 15 is 0 Å². The second-order valence-corrected chi connectivity index (χ2v) is 14.3. The van der Waals surface area contributed by atoms with Crippen molar-refractivity contribution in [2.75, 3.05) is 4.90 Å². The smallest absolute Gasteiger partial charge is 0.310 e. The first kappa shape index (κ1) is 29.7. The highest BCUT2D eigenvalue weighted by atomic mass is 19.4. The third kappa shape index (κ3) is 4.16. The summed E-state index contributed by atoms with van der Waals surface area (Å²) in [7, 11) is 0. The summed E-state index contributed by atoms with van der Waals surface area (Å²) in [6.45, 7) is 6.49. The summed E-state index contributed by atoms with van der Waals surface area (Å²) < 4.78 is 45.8. The Kier molecular flexibility index (Phi) is 5.95. The lowest BCUT2D eigenvalue weighted by Crippen LogP contribution is -2.14. The van der Waals surface area contributed by atoms with Crippen LogP contribution in [0.25, 0.3) is 65.4 Å². The number of para-hydroxylation sites is 2. The van der Waals surface area contributed by atoms with E-state index < -0.39 is 11.7 Å². The molecule has 0 aliphatic rings. The van der Waals surface area contributed by atoms with Crippen molar-refractivity contribution >= 4 is 82.5 Å². The third-order valence-corrected chi connectivity index (χ3v) is 10.4. The van der Waals surface area contributed by atoms with Crippen molar-refractivity contribution < 1.29 is 13.2 Å². The molecule has 248 valence electrons. The van der Waals surface area contributed by atoms with Crippen LogP contribution in [0, 0.1) is 0 Å². The molecule has 10 rings (SSSR count). The zero-order valence-electron chi connectivity index (χ0n) is 28.0. The number of benzene rings is 6. The number of alkyl halides is 3. The van der Waals surface area contributed by atoms with Crippen LogP contribution in [-0.4, -0.2) is 19.0 Å². The Morgan fingerprint density at radius 3 is 1.47 bits per heavy atom. The van der Waals surface area contributed by atoms with Crippen molar-refractivity contribution in [2.45, 2.75) is 32.4 Å². The van der Waals surface area contributed by atoms with E-state index in [9.17, 15) is 13.2 Å². The van der Waals surface area contributed by atoms with Crippen molar-refractivity contribution in [3.63, 3.8) is 0 Å². The molecule has 0 fully saturated rings. The fourth-order valence-electron chi connectivity index (χ4n) is 8.07. The van der Waals surface area contributed by atoms with Crippen molar-refractivity contribution in [2.24, 2.45) is 0 Å². The van der Waals surface area contributed by atoms with E-state index in [1.807, 2.05) is 29.4 Å². The molecule has 0 spiro atoms. The van der Waals surface area contributed by atoms with Crippen LogP contribution in [0.1, 0.15) is 31.9 Å². The van der Waals surface area contributed by atoms with Gasteiger partial charge in [-0.25, -0.2) is 0 Å². The number of nitrogens with zero attached hydrogens (tertiary/aromatic N) is 5.